The Morgan fingerprint density at radius 1 is 1.24 bits per heavy atom. The monoisotopic (exact) mass is 337 g/mol. The maximum atomic E-state index is 12.6. The van der Waals surface area contributed by atoms with E-state index in [1.165, 1.54) is 19.4 Å². The highest BCUT2D eigenvalue weighted by Gasteiger charge is 2.33. The fourth-order valence-electron chi connectivity index (χ4n) is 2.74. The first-order valence-corrected chi connectivity index (χ1v) is 8.05. The Morgan fingerprint density at radius 3 is 2.76 bits per heavy atom. The molecule has 0 fully saturated rings. The average molecular weight is 337 g/mol. The van der Waals surface area contributed by atoms with Crippen LogP contribution in [0, 0.1) is 0 Å². The van der Waals surface area contributed by atoms with Crippen LogP contribution >= 0.6 is 0 Å². The summed E-state index contributed by atoms with van der Waals surface area (Å²) in [5, 5.41) is 17.9. The van der Waals surface area contributed by atoms with Gasteiger partial charge in [-0.15, -0.1) is 5.10 Å². The van der Waals surface area contributed by atoms with Gasteiger partial charge in [0.2, 0.25) is 0 Å². The lowest BCUT2D eigenvalue weighted by atomic mass is 10.1. The minimum absolute atomic E-state index is 0.0236. The van der Waals surface area contributed by atoms with E-state index in [1.807, 2.05) is 31.2 Å². The van der Waals surface area contributed by atoms with Crippen molar-refractivity contribution in [2.24, 2.45) is 10.2 Å². The van der Waals surface area contributed by atoms with Gasteiger partial charge in [0.1, 0.15) is 0 Å². The zero-order valence-electron chi connectivity index (χ0n) is 14.1. The Balaban J connectivity index is 1.88. The first-order chi connectivity index (χ1) is 12.2. The van der Waals surface area contributed by atoms with Crippen LogP contribution in [0.2, 0.25) is 0 Å². The van der Waals surface area contributed by atoms with Gasteiger partial charge in [-0.1, -0.05) is 25.1 Å². The minimum atomic E-state index is -0.141. The van der Waals surface area contributed by atoms with Gasteiger partial charge >= 0.3 is 0 Å². The number of ether oxygens (including phenoxy) is 1. The number of amides is 1. The number of fused-ring (bicyclic) bond motifs is 1. The van der Waals surface area contributed by atoms with Crippen molar-refractivity contribution >= 4 is 23.5 Å². The Kier molecular flexibility index (Phi) is 4.79. The average Bonchev–Trinajstić information content (AvgIpc) is 2.88. The molecule has 1 amide bonds. The second-order valence-electron chi connectivity index (χ2n) is 5.60. The third-order valence-corrected chi connectivity index (χ3v) is 3.91. The molecule has 128 valence electrons. The normalized spacial score (nSPS) is 15.2. The summed E-state index contributed by atoms with van der Waals surface area (Å²) in [6.07, 6.45) is 2.35. The lowest BCUT2D eigenvalue weighted by Crippen LogP contribution is -2.30. The molecule has 0 unspecified atom stereocenters. The maximum Gasteiger partial charge on any atom is 0.279 e. The highest BCUT2D eigenvalue weighted by molar-refractivity contribution is 6.54. The van der Waals surface area contributed by atoms with Crippen LogP contribution in [0.25, 0.3) is 0 Å². The van der Waals surface area contributed by atoms with Gasteiger partial charge in [0.25, 0.3) is 5.91 Å². The predicted molar refractivity (Wildman–Crippen MR) is 97.9 cm³/mol. The van der Waals surface area contributed by atoms with Gasteiger partial charge in [-0.25, -0.2) is 0 Å². The lowest BCUT2D eigenvalue weighted by Gasteiger charge is -2.14. The Morgan fingerprint density at radius 2 is 2.04 bits per heavy atom. The number of phenols is 1. The molecule has 1 heterocycles. The molecule has 0 bridgehead atoms. The molecule has 6 nitrogen and oxygen atoms in total. The SMILES string of the molecule is CCCN1C(=O)/C(=N/N=C\c2ccc(OC)c(O)c2)c2ccccc21. The molecule has 2 aromatic carbocycles. The number of para-hydroxylation sites is 1. The fourth-order valence-corrected chi connectivity index (χ4v) is 2.74. The summed E-state index contributed by atoms with van der Waals surface area (Å²) in [7, 11) is 1.49. The summed E-state index contributed by atoms with van der Waals surface area (Å²) in [5.74, 6) is 0.270. The number of hydrogen-bond acceptors (Lipinski definition) is 5. The van der Waals surface area contributed by atoms with Gasteiger partial charge in [0.05, 0.1) is 19.0 Å². The zero-order valence-corrected chi connectivity index (χ0v) is 14.1. The topological polar surface area (TPSA) is 74.5 Å². The van der Waals surface area contributed by atoms with Crippen molar-refractivity contribution in [2.75, 3.05) is 18.6 Å². The summed E-state index contributed by atoms with van der Waals surface area (Å²) in [4.78, 5) is 14.3. The van der Waals surface area contributed by atoms with E-state index in [0.717, 1.165) is 17.7 Å². The number of carbonyl (C=O) groups is 1. The van der Waals surface area contributed by atoms with Crippen molar-refractivity contribution in [3.63, 3.8) is 0 Å². The summed E-state index contributed by atoms with van der Waals surface area (Å²) in [6.45, 7) is 2.67. The van der Waals surface area contributed by atoms with Crippen LogP contribution in [0.15, 0.2) is 52.7 Å². The van der Waals surface area contributed by atoms with Crippen LogP contribution < -0.4 is 9.64 Å². The van der Waals surface area contributed by atoms with Crippen LogP contribution in [0.3, 0.4) is 0 Å². The first-order valence-electron chi connectivity index (χ1n) is 8.05. The van der Waals surface area contributed by atoms with Gasteiger partial charge in [0, 0.05) is 12.1 Å². The molecule has 25 heavy (non-hydrogen) atoms. The van der Waals surface area contributed by atoms with Gasteiger partial charge in [-0.2, -0.15) is 5.10 Å². The van der Waals surface area contributed by atoms with Crippen molar-refractivity contribution < 1.29 is 14.6 Å². The molecular weight excluding hydrogens is 318 g/mol. The molecule has 1 aliphatic heterocycles. The van der Waals surface area contributed by atoms with E-state index in [1.54, 1.807) is 17.0 Å². The molecule has 0 aromatic heterocycles. The standard InChI is InChI=1S/C19H19N3O3/c1-3-10-22-15-7-5-4-6-14(15)18(19(22)24)21-20-12-13-8-9-17(25-2)16(23)11-13/h4-9,11-12,23H,3,10H2,1-2H3/b20-12-,21-18+. The first kappa shape index (κ1) is 16.7. The predicted octanol–water partition coefficient (Wildman–Crippen LogP) is 2.98. The van der Waals surface area contributed by atoms with Gasteiger partial charge in [0.15, 0.2) is 17.2 Å². The molecule has 2 aromatic rings. The molecule has 0 saturated heterocycles. The van der Waals surface area contributed by atoms with Crippen LogP contribution in [0.1, 0.15) is 24.5 Å². The number of carbonyl (C=O) groups excluding carboxylic acids is 1. The van der Waals surface area contributed by atoms with Gasteiger partial charge < -0.3 is 14.7 Å². The van der Waals surface area contributed by atoms with Crippen molar-refractivity contribution in [2.45, 2.75) is 13.3 Å². The smallest absolute Gasteiger partial charge is 0.279 e. The van der Waals surface area contributed by atoms with E-state index < -0.39 is 0 Å². The number of rotatable bonds is 5. The van der Waals surface area contributed by atoms with Crippen LogP contribution in [-0.4, -0.2) is 36.6 Å². The molecule has 0 spiro atoms. The second-order valence-corrected chi connectivity index (χ2v) is 5.60. The van der Waals surface area contributed by atoms with E-state index in [-0.39, 0.29) is 11.7 Å². The highest BCUT2D eigenvalue weighted by Crippen LogP contribution is 2.29. The van der Waals surface area contributed by atoms with Crippen LogP contribution in [0.4, 0.5) is 5.69 Å². The van der Waals surface area contributed by atoms with Crippen LogP contribution in [0.5, 0.6) is 11.5 Å². The molecule has 0 saturated carbocycles. The summed E-state index contributed by atoms with van der Waals surface area (Å²) >= 11 is 0. The number of nitrogens with zero attached hydrogens (tertiary/aromatic N) is 3. The molecule has 1 aliphatic rings. The molecular formula is C19H19N3O3. The fraction of sp³-hybridized carbons (Fsp3) is 0.211. The van der Waals surface area contributed by atoms with E-state index in [9.17, 15) is 9.90 Å². The largest absolute Gasteiger partial charge is 0.504 e. The van der Waals surface area contributed by atoms with Gasteiger partial charge in [-0.05, 0) is 36.2 Å². The molecule has 0 aliphatic carbocycles. The Hall–Kier alpha value is -3.15. The van der Waals surface area contributed by atoms with E-state index >= 15 is 0 Å². The third-order valence-electron chi connectivity index (χ3n) is 3.91. The highest BCUT2D eigenvalue weighted by atomic mass is 16.5. The van der Waals surface area contributed by atoms with E-state index in [4.69, 9.17) is 4.74 Å². The van der Waals surface area contributed by atoms with E-state index in [0.29, 0.717) is 23.6 Å². The Labute approximate surface area is 146 Å². The third kappa shape index (κ3) is 3.24. The molecule has 0 radical (unpaired) electrons. The summed E-state index contributed by atoms with van der Waals surface area (Å²) < 4.78 is 5.00. The molecule has 6 heteroatoms. The quantitative estimate of drug-likeness (QED) is 0.673. The number of benzene rings is 2. The van der Waals surface area contributed by atoms with Crippen molar-refractivity contribution in [1.82, 2.24) is 0 Å². The zero-order chi connectivity index (χ0) is 17.8. The Bertz CT molecular complexity index is 859. The number of hydrogen-bond donors (Lipinski definition) is 1. The number of methoxy groups -OCH3 is 1. The lowest BCUT2D eigenvalue weighted by molar-refractivity contribution is -0.112. The van der Waals surface area contributed by atoms with Gasteiger partial charge in [-0.3, -0.25) is 4.79 Å². The van der Waals surface area contributed by atoms with E-state index in [2.05, 4.69) is 10.2 Å². The van der Waals surface area contributed by atoms with Crippen molar-refractivity contribution in [3.05, 3.63) is 53.6 Å². The summed E-state index contributed by atoms with van der Waals surface area (Å²) in [6, 6.07) is 12.5. The number of aromatic hydroxyl groups is 1. The number of anilines is 1. The second kappa shape index (κ2) is 7.17. The van der Waals surface area contributed by atoms with Crippen molar-refractivity contribution in [1.29, 1.82) is 0 Å². The maximum absolute atomic E-state index is 12.6. The minimum Gasteiger partial charge on any atom is -0.504 e. The molecule has 0 atom stereocenters. The van der Waals surface area contributed by atoms with Crippen LogP contribution in [-0.2, 0) is 4.79 Å². The van der Waals surface area contributed by atoms with Crippen molar-refractivity contribution in [3.8, 4) is 11.5 Å². The number of phenolic OH excluding ortho intramolecular Hbond substituents is 1. The summed E-state index contributed by atoms with van der Waals surface area (Å²) in [5.41, 5.74) is 2.64. The molecule has 3 rings (SSSR count). The molecule has 1 N–H and O–H groups in total.